The van der Waals surface area contributed by atoms with Crippen LogP contribution in [-0.4, -0.2) is 32.6 Å². The first-order valence-corrected chi connectivity index (χ1v) is 9.26. The number of hydrogen-bond donors (Lipinski definition) is 2. The molecule has 2 heterocycles. The van der Waals surface area contributed by atoms with Crippen LogP contribution in [0.25, 0.3) is 11.4 Å². The highest BCUT2D eigenvalue weighted by Crippen LogP contribution is 2.29. The molecule has 2 aliphatic rings. The molecule has 1 aromatic carbocycles. The van der Waals surface area contributed by atoms with E-state index in [-0.39, 0.29) is 6.04 Å². The van der Waals surface area contributed by atoms with Crippen LogP contribution in [0.2, 0.25) is 0 Å². The summed E-state index contributed by atoms with van der Waals surface area (Å²) in [7, 11) is 0. The first-order chi connectivity index (χ1) is 12.6. The molecule has 1 aliphatic heterocycles. The number of anilines is 1. The van der Waals surface area contributed by atoms with Gasteiger partial charge in [-0.3, -0.25) is 9.59 Å². The van der Waals surface area contributed by atoms with Crippen LogP contribution >= 0.6 is 0 Å². The van der Waals surface area contributed by atoms with Crippen LogP contribution < -0.4 is 10.6 Å². The van der Waals surface area contributed by atoms with E-state index >= 15 is 0 Å². The van der Waals surface area contributed by atoms with Crippen LogP contribution in [0.3, 0.4) is 0 Å². The van der Waals surface area contributed by atoms with Crippen LogP contribution in [0.5, 0.6) is 0 Å². The van der Waals surface area contributed by atoms with Gasteiger partial charge < -0.3 is 15.2 Å². The molecule has 0 spiro atoms. The molecule has 0 saturated heterocycles. The number of nitrogens with zero attached hydrogens (tertiary/aromatic N) is 3. The number of aromatic nitrogens is 3. The number of nitrogens with one attached hydrogen (secondary N) is 2. The summed E-state index contributed by atoms with van der Waals surface area (Å²) in [5.74, 6) is 1.16. The molecule has 0 bridgehead atoms. The largest absolute Gasteiger partial charge is 0.345 e. The summed E-state index contributed by atoms with van der Waals surface area (Å²) in [4.78, 5) is 23.8. The first-order valence-electron chi connectivity index (χ1n) is 9.26. The zero-order valence-electron chi connectivity index (χ0n) is 14.9. The zero-order chi connectivity index (χ0) is 18.1. The summed E-state index contributed by atoms with van der Waals surface area (Å²) < 4.78 is 2.19. The number of hydrogen-bond acceptors (Lipinski definition) is 4. The van der Waals surface area contributed by atoms with Crippen molar-refractivity contribution in [2.24, 2.45) is 5.92 Å². The highest BCUT2D eigenvalue weighted by molar-refractivity contribution is 6.39. The van der Waals surface area contributed by atoms with Gasteiger partial charge in [0, 0.05) is 30.3 Å². The van der Waals surface area contributed by atoms with Gasteiger partial charge >= 0.3 is 11.8 Å². The molecule has 2 atom stereocenters. The summed E-state index contributed by atoms with van der Waals surface area (Å²) in [6.07, 6.45) is 5.42. The van der Waals surface area contributed by atoms with Crippen molar-refractivity contribution in [1.29, 1.82) is 0 Å². The SMILES string of the molecule is C[C@H]1C[C@@H]1NC(=O)C(=O)Nc1ccc(-c2nnc3n2CCCCC3)cc1. The van der Waals surface area contributed by atoms with E-state index in [1.165, 1.54) is 6.42 Å². The van der Waals surface area contributed by atoms with Crippen molar-refractivity contribution >= 4 is 17.5 Å². The van der Waals surface area contributed by atoms with Crippen molar-refractivity contribution in [2.45, 2.75) is 51.6 Å². The third kappa shape index (κ3) is 3.47. The van der Waals surface area contributed by atoms with E-state index in [9.17, 15) is 9.59 Å². The van der Waals surface area contributed by atoms with Gasteiger partial charge in [0.15, 0.2) is 5.82 Å². The number of amides is 2. The minimum Gasteiger partial charge on any atom is -0.345 e. The fourth-order valence-electron chi connectivity index (χ4n) is 3.35. The molecule has 4 rings (SSSR count). The minimum absolute atomic E-state index is 0.138. The van der Waals surface area contributed by atoms with Crippen LogP contribution in [-0.2, 0) is 22.6 Å². The molecular weight excluding hydrogens is 330 g/mol. The first kappa shape index (κ1) is 16.8. The van der Waals surface area contributed by atoms with E-state index in [4.69, 9.17) is 0 Å². The second-order valence-electron chi connectivity index (χ2n) is 7.23. The quantitative estimate of drug-likeness (QED) is 0.828. The van der Waals surface area contributed by atoms with Crippen molar-refractivity contribution in [3.05, 3.63) is 30.1 Å². The molecule has 7 heteroatoms. The lowest BCUT2D eigenvalue weighted by Crippen LogP contribution is -2.37. The molecule has 26 heavy (non-hydrogen) atoms. The van der Waals surface area contributed by atoms with Gasteiger partial charge in [0.2, 0.25) is 0 Å². The molecule has 0 radical (unpaired) electrons. The Labute approximate surface area is 152 Å². The second-order valence-corrected chi connectivity index (χ2v) is 7.23. The smallest absolute Gasteiger partial charge is 0.313 e. The molecular formula is C19H23N5O2. The standard InChI is InChI=1S/C19H23N5O2/c1-12-11-15(12)21-19(26)18(25)20-14-8-6-13(7-9-14)17-23-22-16-5-3-2-4-10-24(16)17/h6-9,12,15H,2-5,10-11H2,1H3,(H,20,25)(H,21,26)/t12-,15-/m0/s1. The number of carbonyl (C=O) groups is 2. The van der Waals surface area contributed by atoms with Gasteiger partial charge in [-0.05, 0) is 49.4 Å². The Morgan fingerprint density at radius 2 is 1.85 bits per heavy atom. The lowest BCUT2D eigenvalue weighted by atomic mass is 10.2. The third-order valence-corrected chi connectivity index (χ3v) is 5.14. The van der Waals surface area contributed by atoms with Crippen LogP contribution in [0.1, 0.15) is 38.4 Å². The Bertz CT molecular complexity index is 827. The van der Waals surface area contributed by atoms with E-state index in [2.05, 4.69) is 25.4 Å². The maximum absolute atomic E-state index is 12.0. The molecule has 0 unspecified atom stereocenters. The Hall–Kier alpha value is -2.70. The third-order valence-electron chi connectivity index (χ3n) is 5.14. The van der Waals surface area contributed by atoms with Crippen LogP contribution in [0, 0.1) is 5.92 Å². The summed E-state index contributed by atoms with van der Waals surface area (Å²) in [5, 5.41) is 14.0. The molecule has 2 amide bonds. The Morgan fingerprint density at radius 1 is 1.08 bits per heavy atom. The van der Waals surface area contributed by atoms with E-state index in [0.717, 1.165) is 49.4 Å². The van der Waals surface area contributed by atoms with Gasteiger partial charge in [0.1, 0.15) is 5.82 Å². The summed E-state index contributed by atoms with van der Waals surface area (Å²) in [6.45, 7) is 2.99. The molecule has 1 saturated carbocycles. The van der Waals surface area contributed by atoms with Crippen molar-refractivity contribution in [3.8, 4) is 11.4 Å². The van der Waals surface area contributed by atoms with Gasteiger partial charge in [0.05, 0.1) is 0 Å². The van der Waals surface area contributed by atoms with Gasteiger partial charge in [-0.25, -0.2) is 0 Å². The molecule has 136 valence electrons. The zero-order valence-corrected chi connectivity index (χ0v) is 14.9. The normalized spacial score (nSPS) is 21.4. The lowest BCUT2D eigenvalue weighted by Gasteiger charge is -2.09. The lowest BCUT2D eigenvalue weighted by molar-refractivity contribution is -0.136. The number of aryl methyl sites for hydroxylation is 1. The molecule has 1 aliphatic carbocycles. The average Bonchev–Trinajstić information content (AvgIpc) is 3.27. The highest BCUT2D eigenvalue weighted by Gasteiger charge is 2.35. The highest BCUT2D eigenvalue weighted by atomic mass is 16.2. The van der Waals surface area contributed by atoms with Crippen LogP contribution in [0.4, 0.5) is 5.69 Å². The summed E-state index contributed by atoms with van der Waals surface area (Å²) >= 11 is 0. The van der Waals surface area contributed by atoms with Crippen molar-refractivity contribution < 1.29 is 9.59 Å². The second kappa shape index (κ2) is 6.90. The maximum atomic E-state index is 12.0. The topological polar surface area (TPSA) is 88.9 Å². The molecule has 1 fully saturated rings. The van der Waals surface area contributed by atoms with Gasteiger partial charge in [-0.1, -0.05) is 13.3 Å². The fourth-order valence-corrected chi connectivity index (χ4v) is 3.35. The maximum Gasteiger partial charge on any atom is 0.313 e. The molecule has 7 nitrogen and oxygen atoms in total. The average molecular weight is 353 g/mol. The van der Waals surface area contributed by atoms with E-state index in [1.807, 2.05) is 19.1 Å². The predicted molar refractivity (Wildman–Crippen MR) is 97.4 cm³/mol. The molecule has 2 aromatic rings. The van der Waals surface area contributed by atoms with Gasteiger partial charge in [0.25, 0.3) is 0 Å². The molecule has 1 aromatic heterocycles. The number of fused-ring (bicyclic) bond motifs is 1. The van der Waals surface area contributed by atoms with E-state index in [0.29, 0.717) is 11.6 Å². The number of benzene rings is 1. The Kier molecular flexibility index (Phi) is 4.44. The minimum atomic E-state index is -0.631. The monoisotopic (exact) mass is 353 g/mol. The Balaban J connectivity index is 1.43. The Morgan fingerprint density at radius 3 is 2.58 bits per heavy atom. The van der Waals surface area contributed by atoms with Gasteiger partial charge in [-0.15, -0.1) is 10.2 Å². The fraction of sp³-hybridized carbons (Fsp3) is 0.474. The summed E-state index contributed by atoms with van der Waals surface area (Å²) in [6, 6.07) is 7.52. The van der Waals surface area contributed by atoms with Crippen molar-refractivity contribution in [2.75, 3.05) is 5.32 Å². The van der Waals surface area contributed by atoms with Crippen LogP contribution in [0.15, 0.2) is 24.3 Å². The number of carbonyl (C=O) groups excluding carboxylic acids is 2. The van der Waals surface area contributed by atoms with E-state index in [1.54, 1.807) is 12.1 Å². The molecule has 2 N–H and O–H groups in total. The van der Waals surface area contributed by atoms with Gasteiger partial charge in [-0.2, -0.15) is 0 Å². The summed E-state index contributed by atoms with van der Waals surface area (Å²) in [5.41, 5.74) is 1.55. The van der Waals surface area contributed by atoms with Crippen molar-refractivity contribution in [3.63, 3.8) is 0 Å². The van der Waals surface area contributed by atoms with Crippen molar-refractivity contribution in [1.82, 2.24) is 20.1 Å². The van der Waals surface area contributed by atoms with E-state index < -0.39 is 11.8 Å². The predicted octanol–water partition coefficient (Wildman–Crippen LogP) is 2.13. The number of rotatable bonds is 3.